The molecule has 18 heavy (non-hydrogen) atoms. The molecule has 1 aliphatic rings. The average Bonchev–Trinajstić information content (AvgIpc) is 2.95. The number of nitrogens with one attached hydrogen (secondary N) is 1. The van der Waals surface area contributed by atoms with E-state index in [0.717, 1.165) is 29.5 Å². The van der Waals surface area contributed by atoms with Gasteiger partial charge >= 0.3 is 0 Å². The van der Waals surface area contributed by atoms with Gasteiger partial charge in [-0.25, -0.2) is 4.98 Å². The van der Waals surface area contributed by atoms with Gasteiger partial charge in [-0.2, -0.15) is 0 Å². The highest BCUT2D eigenvalue weighted by Crippen LogP contribution is 2.38. The summed E-state index contributed by atoms with van der Waals surface area (Å²) < 4.78 is 5.67. The normalized spacial score (nSPS) is 18.9. The van der Waals surface area contributed by atoms with Crippen LogP contribution in [0, 0.1) is 6.92 Å². The molecule has 0 saturated carbocycles. The fourth-order valence-electron chi connectivity index (χ4n) is 2.52. The minimum atomic E-state index is 0.487. The van der Waals surface area contributed by atoms with Gasteiger partial charge in [0, 0.05) is 10.9 Å². The molecule has 0 radical (unpaired) electrons. The number of hydrogen-bond donors (Lipinski definition) is 1. The molecule has 0 amide bonds. The van der Waals surface area contributed by atoms with Crippen LogP contribution in [0.4, 0.5) is 0 Å². The largest absolute Gasteiger partial charge is 0.459 e. The molecule has 3 rings (SSSR count). The smallest absolute Gasteiger partial charge is 0.162 e. The van der Waals surface area contributed by atoms with Gasteiger partial charge in [-0.15, -0.1) is 11.3 Å². The van der Waals surface area contributed by atoms with Crippen LogP contribution in [0.1, 0.15) is 42.1 Å². The molecule has 1 N–H and O–H groups in total. The maximum atomic E-state index is 5.67. The van der Waals surface area contributed by atoms with Crippen molar-refractivity contribution in [3.63, 3.8) is 0 Å². The first-order chi connectivity index (χ1) is 8.78. The molecule has 0 aliphatic heterocycles. The van der Waals surface area contributed by atoms with Crippen LogP contribution in [0.15, 0.2) is 16.5 Å². The van der Waals surface area contributed by atoms with Gasteiger partial charge < -0.3 is 9.73 Å². The van der Waals surface area contributed by atoms with Crippen molar-refractivity contribution in [3.8, 4) is 10.8 Å². The predicted molar refractivity (Wildman–Crippen MR) is 73.9 cm³/mol. The van der Waals surface area contributed by atoms with E-state index in [1.54, 1.807) is 11.3 Å². The molecule has 0 spiro atoms. The number of aryl methyl sites for hydroxylation is 2. The molecule has 0 fully saturated rings. The zero-order valence-corrected chi connectivity index (χ0v) is 11.6. The molecular formula is C14H18N2OS. The molecule has 2 aromatic rings. The minimum absolute atomic E-state index is 0.487. The summed E-state index contributed by atoms with van der Waals surface area (Å²) in [5.74, 6) is 1.85. The van der Waals surface area contributed by atoms with Crippen molar-refractivity contribution in [1.29, 1.82) is 0 Å². The summed E-state index contributed by atoms with van der Waals surface area (Å²) in [6.07, 6.45) is 3.55. The van der Waals surface area contributed by atoms with E-state index in [1.807, 2.05) is 19.1 Å². The summed E-state index contributed by atoms with van der Waals surface area (Å²) in [6, 6.07) is 4.50. The molecule has 0 aromatic carbocycles. The Kier molecular flexibility index (Phi) is 3.22. The number of furan rings is 1. The van der Waals surface area contributed by atoms with Crippen LogP contribution in [0.25, 0.3) is 10.8 Å². The van der Waals surface area contributed by atoms with E-state index >= 15 is 0 Å². The maximum absolute atomic E-state index is 5.67. The third-order valence-corrected chi connectivity index (χ3v) is 4.58. The molecule has 3 nitrogen and oxygen atoms in total. The monoisotopic (exact) mass is 262 g/mol. The van der Waals surface area contributed by atoms with E-state index in [4.69, 9.17) is 9.40 Å². The maximum Gasteiger partial charge on any atom is 0.162 e. The third-order valence-electron chi connectivity index (χ3n) is 3.35. The van der Waals surface area contributed by atoms with E-state index in [-0.39, 0.29) is 0 Å². The first-order valence-corrected chi connectivity index (χ1v) is 7.39. The van der Waals surface area contributed by atoms with Crippen LogP contribution in [0.5, 0.6) is 0 Å². The van der Waals surface area contributed by atoms with Gasteiger partial charge in [-0.05, 0) is 44.9 Å². The van der Waals surface area contributed by atoms with Gasteiger partial charge in [0.1, 0.15) is 5.76 Å². The van der Waals surface area contributed by atoms with Gasteiger partial charge in [0.05, 0.1) is 5.69 Å². The first kappa shape index (κ1) is 11.9. The fourth-order valence-corrected chi connectivity index (χ4v) is 3.70. The van der Waals surface area contributed by atoms with Crippen LogP contribution in [-0.2, 0) is 6.42 Å². The van der Waals surface area contributed by atoms with Gasteiger partial charge in [0.2, 0.25) is 0 Å². The minimum Gasteiger partial charge on any atom is -0.459 e. The molecule has 0 bridgehead atoms. The third kappa shape index (κ3) is 2.10. The zero-order valence-electron chi connectivity index (χ0n) is 10.8. The number of aromatic nitrogens is 1. The van der Waals surface area contributed by atoms with Gasteiger partial charge in [0.25, 0.3) is 0 Å². The van der Waals surface area contributed by atoms with Crippen molar-refractivity contribution >= 4 is 11.3 Å². The Labute approximate surface area is 111 Å². The van der Waals surface area contributed by atoms with Gasteiger partial charge in [0.15, 0.2) is 10.8 Å². The summed E-state index contributed by atoms with van der Waals surface area (Å²) >= 11 is 1.78. The number of nitrogens with zero attached hydrogens (tertiary/aromatic N) is 1. The lowest BCUT2D eigenvalue weighted by atomic mass is 9.98. The Morgan fingerprint density at radius 2 is 2.39 bits per heavy atom. The number of rotatable bonds is 3. The van der Waals surface area contributed by atoms with Crippen molar-refractivity contribution in [1.82, 2.24) is 10.3 Å². The van der Waals surface area contributed by atoms with Gasteiger partial charge in [-0.1, -0.05) is 6.92 Å². The molecule has 1 aliphatic carbocycles. The second kappa shape index (κ2) is 4.86. The SMILES string of the molecule is CCNC1CCCc2nc(-c3ccc(C)o3)sc21. The molecule has 2 heterocycles. The Hall–Kier alpha value is -1.13. The van der Waals surface area contributed by atoms with Crippen molar-refractivity contribution in [2.75, 3.05) is 6.54 Å². The van der Waals surface area contributed by atoms with E-state index in [2.05, 4.69) is 12.2 Å². The molecular weight excluding hydrogens is 244 g/mol. The number of thiazole rings is 1. The quantitative estimate of drug-likeness (QED) is 0.916. The zero-order chi connectivity index (χ0) is 12.5. The highest BCUT2D eigenvalue weighted by atomic mass is 32.1. The Balaban J connectivity index is 1.95. The van der Waals surface area contributed by atoms with Crippen molar-refractivity contribution in [2.24, 2.45) is 0 Å². The lowest BCUT2D eigenvalue weighted by molar-refractivity contribution is 0.476. The lowest BCUT2D eigenvalue weighted by Gasteiger charge is -2.21. The van der Waals surface area contributed by atoms with E-state index < -0.39 is 0 Å². The Bertz CT molecular complexity index is 544. The van der Waals surface area contributed by atoms with Crippen LogP contribution in [0.3, 0.4) is 0 Å². The van der Waals surface area contributed by atoms with E-state index in [9.17, 15) is 0 Å². The second-order valence-electron chi connectivity index (χ2n) is 4.74. The highest BCUT2D eigenvalue weighted by molar-refractivity contribution is 7.15. The average molecular weight is 262 g/mol. The molecule has 1 unspecified atom stereocenters. The highest BCUT2D eigenvalue weighted by Gasteiger charge is 2.24. The van der Waals surface area contributed by atoms with Crippen LogP contribution >= 0.6 is 11.3 Å². The Morgan fingerprint density at radius 1 is 1.50 bits per heavy atom. The molecule has 0 saturated heterocycles. The Morgan fingerprint density at radius 3 is 3.11 bits per heavy atom. The molecule has 96 valence electrons. The summed E-state index contributed by atoms with van der Waals surface area (Å²) in [7, 11) is 0. The standard InChI is InChI=1S/C14H18N2OS/c1-3-15-10-5-4-6-11-13(10)18-14(16-11)12-8-7-9(2)17-12/h7-8,10,15H,3-6H2,1-2H3. The predicted octanol–water partition coefficient (Wildman–Crippen LogP) is 3.70. The van der Waals surface area contributed by atoms with Crippen LogP contribution in [-0.4, -0.2) is 11.5 Å². The summed E-state index contributed by atoms with van der Waals surface area (Å²) in [4.78, 5) is 6.16. The number of fused-ring (bicyclic) bond motifs is 1. The van der Waals surface area contributed by atoms with Crippen molar-refractivity contribution in [2.45, 2.75) is 39.2 Å². The summed E-state index contributed by atoms with van der Waals surface area (Å²) in [6.45, 7) is 5.14. The van der Waals surface area contributed by atoms with Crippen molar-refractivity contribution in [3.05, 3.63) is 28.5 Å². The van der Waals surface area contributed by atoms with E-state index in [0.29, 0.717) is 6.04 Å². The summed E-state index contributed by atoms with van der Waals surface area (Å²) in [5, 5.41) is 4.58. The summed E-state index contributed by atoms with van der Waals surface area (Å²) in [5.41, 5.74) is 1.27. The molecule has 4 heteroatoms. The topological polar surface area (TPSA) is 38.1 Å². The fraction of sp³-hybridized carbons (Fsp3) is 0.500. The van der Waals surface area contributed by atoms with E-state index in [1.165, 1.54) is 23.4 Å². The van der Waals surface area contributed by atoms with Crippen LogP contribution < -0.4 is 5.32 Å². The van der Waals surface area contributed by atoms with Crippen molar-refractivity contribution < 1.29 is 4.42 Å². The lowest BCUT2D eigenvalue weighted by Crippen LogP contribution is -2.23. The van der Waals surface area contributed by atoms with Crippen LogP contribution in [0.2, 0.25) is 0 Å². The second-order valence-corrected chi connectivity index (χ2v) is 5.77. The first-order valence-electron chi connectivity index (χ1n) is 6.57. The molecule has 2 aromatic heterocycles. The number of hydrogen-bond acceptors (Lipinski definition) is 4. The van der Waals surface area contributed by atoms with Gasteiger partial charge in [-0.3, -0.25) is 0 Å². The molecule has 1 atom stereocenters.